The summed E-state index contributed by atoms with van der Waals surface area (Å²) in [6, 6.07) is 17.1. The van der Waals surface area contributed by atoms with Crippen LogP contribution in [0.5, 0.6) is 5.75 Å². The molecule has 0 aliphatic heterocycles. The summed E-state index contributed by atoms with van der Waals surface area (Å²) in [7, 11) is 0. The standard InChI is InChI=1S/C18H22N2O2/c1-3-17(14-8-6-5-7-9-14)20-18(21)19-15-10-12-16(13-11-15)22-4-2/h5-13,17H,3-4H2,1-2H3,(H2,19,20,21). The molecular formula is C18H22N2O2. The molecule has 2 aromatic rings. The third-order valence-electron chi connectivity index (χ3n) is 3.34. The SMILES string of the molecule is CCOc1ccc(NC(=O)NC(CC)c2ccccc2)cc1. The molecule has 1 unspecified atom stereocenters. The minimum Gasteiger partial charge on any atom is -0.494 e. The number of hydrogen-bond donors (Lipinski definition) is 2. The van der Waals surface area contributed by atoms with E-state index in [2.05, 4.69) is 17.6 Å². The molecule has 2 aromatic carbocycles. The Bertz CT molecular complexity index is 582. The number of urea groups is 1. The maximum atomic E-state index is 12.1. The van der Waals surface area contributed by atoms with E-state index in [0.717, 1.165) is 23.4 Å². The van der Waals surface area contributed by atoms with Crippen molar-refractivity contribution >= 4 is 11.7 Å². The third-order valence-corrected chi connectivity index (χ3v) is 3.34. The molecule has 0 aromatic heterocycles. The first-order chi connectivity index (χ1) is 10.7. The highest BCUT2D eigenvalue weighted by Gasteiger charge is 2.12. The second-order valence-electron chi connectivity index (χ2n) is 4.93. The van der Waals surface area contributed by atoms with Gasteiger partial charge in [0.2, 0.25) is 0 Å². The summed E-state index contributed by atoms with van der Waals surface area (Å²) in [6.45, 7) is 4.62. The molecule has 0 aliphatic rings. The van der Waals surface area contributed by atoms with Crippen molar-refractivity contribution in [2.24, 2.45) is 0 Å². The molecule has 2 N–H and O–H groups in total. The Hall–Kier alpha value is -2.49. The van der Waals surface area contributed by atoms with E-state index in [1.165, 1.54) is 0 Å². The van der Waals surface area contributed by atoms with Crippen LogP contribution in [-0.4, -0.2) is 12.6 Å². The molecule has 2 rings (SSSR count). The van der Waals surface area contributed by atoms with Gasteiger partial charge < -0.3 is 15.4 Å². The van der Waals surface area contributed by atoms with Crippen LogP contribution in [-0.2, 0) is 0 Å². The predicted molar refractivity (Wildman–Crippen MR) is 89.2 cm³/mol. The molecule has 4 nitrogen and oxygen atoms in total. The van der Waals surface area contributed by atoms with Crippen molar-refractivity contribution in [1.82, 2.24) is 5.32 Å². The van der Waals surface area contributed by atoms with Crippen molar-refractivity contribution in [3.05, 3.63) is 60.2 Å². The molecule has 0 radical (unpaired) electrons. The Morgan fingerprint density at radius 1 is 1.05 bits per heavy atom. The van der Waals surface area contributed by atoms with E-state index in [1.807, 2.05) is 61.5 Å². The van der Waals surface area contributed by atoms with E-state index in [9.17, 15) is 4.79 Å². The highest BCUT2D eigenvalue weighted by atomic mass is 16.5. The van der Waals surface area contributed by atoms with E-state index in [0.29, 0.717) is 6.61 Å². The summed E-state index contributed by atoms with van der Waals surface area (Å²) in [5, 5.41) is 5.83. The van der Waals surface area contributed by atoms with Crippen LogP contribution in [0.25, 0.3) is 0 Å². The Morgan fingerprint density at radius 2 is 1.73 bits per heavy atom. The van der Waals surface area contributed by atoms with Crippen molar-refractivity contribution in [2.45, 2.75) is 26.3 Å². The van der Waals surface area contributed by atoms with Crippen LogP contribution >= 0.6 is 0 Å². The molecule has 0 fully saturated rings. The Kier molecular flexibility index (Phi) is 5.83. The highest BCUT2D eigenvalue weighted by Crippen LogP contribution is 2.18. The zero-order valence-corrected chi connectivity index (χ0v) is 13.0. The lowest BCUT2D eigenvalue weighted by Gasteiger charge is -2.18. The first-order valence-electron chi connectivity index (χ1n) is 7.58. The minimum absolute atomic E-state index is 0.00361. The Labute approximate surface area is 131 Å². The zero-order chi connectivity index (χ0) is 15.8. The summed E-state index contributed by atoms with van der Waals surface area (Å²) < 4.78 is 5.38. The monoisotopic (exact) mass is 298 g/mol. The highest BCUT2D eigenvalue weighted by molar-refractivity contribution is 5.89. The van der Waals surface area contributed by atoms with Crippen LogP contribution in [0.15, 0.2) is 54.6 Å². The van der Waals surface area contributed by atoms with Gasteiger partial charge >= 0.3 is 6.03 Å². The van der Waals surface area contributed by atoms with Crippen molar-refractivity contribution in [1.29, 1.82) is 0 Å². The van der Waals surface area contributed by atoms with Gasteiger partial charge in [0.1, 0.15) is 5.75 Å². The summed E-state index contributed by atoms with van der Waals surface area (Å²) in [5.41, 5.74) is 1.84. The Balaban J connectivity index is 1.94. The smallest absolute Gasteiger partial charge is 0.319 e. The maximum Gasteiger partial charge on any atom is 0.319 e. The molecule has 0 aliphatic carbocycles. The lowest BCUT2D eigenvalue weighted by Crippen LogP contribution is -2.32. The van der Waals surface area contributed by atoms with Gasteiger partial charge in [-0.2, -0.15) is 0 Å². The second kappa shape index (κ2) is 8.08. The molecule has 116 valence electrons. The lowest BCUT2D eigenvalue weighted by atomic mass is 10.1. The van der Waals surface area contributed by atoms with Crippen LogP contribution in [0.3, 0.4) is 0 Å². The van der Waals surface area contributed by atoms with E-state index < -0.39 is 0 Å². The molecule has 4 heteroatoms. The zero-order valence-electron chi connectivity index (χ0n) is 13.0. The van der Waals surface area contributed by atoms with Gasteiger partial charge in [-0.1, -0.05) is 37.3 Å². The van der Waals surface area contributed by atoms with E-state index >= 15 is 0 Å². The van der Waals surface area contributed by atoms with Crippen molar-refractivity contribution in [2.75, 3.05) is 11.9 Å². The van der Waals surface area contributed by atoms with Crippen LogP contribution in [0.2, 0.25) is 0 Å². The molecule has 2 amide bonds. The van der Waals surface area contributed by atoms with Gasteiger partial charge in [-0.05, 0) is 43.2 Å². The number of nitrogens with one attached hydrogen (secondary N) is 2. The quantitative estimate of drug-likeness (QED) is 0.832. The maximum absolute atomic E-state index is 12.1. The Morgan fingerprint density at radius 3 is 2.32 bits per heavy atom. The summed E-state index contributed by atoms with van der Waals surface area (Å²) in [4.78, 5) is 12.1. The fourth-order valence-electron chi connectivity index (χ4n) is 2.23. The molecular weight excluding hydrogens is 276 g/mol. The molecule has 1 atom stereocenters. The first-order valence-corrected chi connectivity index (χ1v) is 7.58. The fraction of sp³-hybridized carbons (Fsp3) is 0.278. The molecule has 0 saturated carbocycles. The topological polar surface area (TPSA) is 50.4 Å². The number of benzene rings is 2. The molecule has 0 bridgehead atoms. The summed E-state index contributed by atoms with van der Waals surface area (Å²) >= 11 is 0. The van der Waals surface area contributed by atoms with Crippen LogP contribution in [0.4, 0.5) is 10.5 Å². The fourth-order valence-corrected chi connectivity index (χ4v) is 2.23. The molecule has 22 heavy (non-hydrogen) atoms. The minimum atomic E-state index is -0.208. The van der Waals surface area contributed by atoms with Crippen LogP contribution in [0.1, 0.15) is 31.9 Å². The number of rotatable bonds is 6. The van der Waals surface area contributed by atoms with E-state index in [1.54, 1.807) is 0 Å². The van der Waals surface area contributed by atoms with Gasteiger partial charge in [-0.25, -0.2) is 4.79 Å². The number of carbonyl (C=O) groups is 1. The number of ether oxygens (including phenoxy) is 1. The van der Waals surface area contributed by atoms with Gasteiger partial charge in [0.05, 0.1) is 12.6 Å². The summed E-state index contributed by atoms with van der Waals surface area (Å²) in [5.74, 6) is 0.796. The van der Waals surface area contributed by atoms with E-state index in [4.69, 9.17) is 4.74 Å². The number of hydrogen-bond acceptors (Lipinski definition) is 2. The number of anilines is 1. The van der Waals surface area contributed by atoms with Gasteiger partial charge in [-0.15, -0.1) is 0 Å². The van der Waals surface area contributed by atoms with Gasteiger partial charge in [0.15, 0.2) is 0 Å². The normalized spacial score (nSPS) is 11.5. The number of carbonyl (C=O) groups excluding carboxylic acids is 1. The number of amides is 2. The van der Waals surface area contributed by atoms with Gasteiger partial charge in [0.25, 0.3) is 0 Å². The van der Waals surface area contributed by atoms with Gasteiger partial charge in [-0.3, -0.25) is 0 Å². The molecule has 0 heterocycles. The van der Waals surface area contributed by atoms with Crippen LogP contribution < -0.4 is 15.4 Å². The van der Waals surface area contributed by atoms with Crippen molar-refractivity contribution in [3.63, 3.8) is 0 Å². The third kappa shape index (κ3) is 4.52. The van der Waals surface area contributed by atoms with Crippen molar-refractivity contribution in [3.8, 4) is 5.75 Å². The average Bonchev–Trinajstić information content (AvgIpc) is 2.55. The van der Waals surface area contributed by atoms with Crippen LogP contribution in [0, 0.1) is 0 Å². The second-order valence-corrected chi connectivity index (χ2v) is 4.93. The summed E-state index contributed by atoms with van der Waals surface area (Å²) in [6.07, 6.45) is 0.834. The van der Waals surface area contributed by atoms with Crippen molar-refractivity contribution < 1.29 is 9.53 Å². The predicted octanol–water partition coefficient (Wildman–Crippen LogP) is 4.36. The largest absolute Gasteiger partial charge is 0.494 e. The van der Waals surface area contributed by atoms with E-state index in [-0.39, 0.29) is 12.1 Å². The lowest BCUT2D eigenvalue weighted by molar-refractivity contribution is 0.248. The molecule has 0 spiro atoms. The molecule has 0 saturated heterocycles. The average molecular weight is 298 g/mol. The van der Waals surface area contributed by atoms with Gasteiger partial charge in [0, 0.05) is 5.69 Å². The first kappa shape index (κ1) is 15.9.